The number of ketones is 1. The van der Waals surface area contributed by atoms with Crippen LogP contribution in [-0.4, -0.2) is 20.8 Å². The number of hydrogen-bond acceptors (Lipinski definition) is 3. The van der Waals surface area contributed by atoms with Crippen molar-refractivity contribution in [2.24, 2.45) is 7.05 Å². The van der Waals surface area contributed by atoms with Gasteiger partial charge in [-0.15, -0.1) is 0 Å². The van der Waals surface area contributed by atoms with Crippen LogP contribution in [0.5, 0.6) is 0 Å². The summed E-state index contributed by atoms with van der Waals surface area (Å²) in [6.07, 6.45) is 0. The molecule has 0 saturated carbocycles. The van der Waals surface area contributed by atoms with Crippen molar-refractivity contribution in [1.82, 2.24) is 9.78 Å². The summed E-state index contributed by atoms with van der Waals surface area (Å²) < 4.78 is 1.80. The second-order valence-corrected chi connectivity index (χ2v) is 4.48. The first-order chi connectivity index (χ1) is 6.00. The van der Waals surface area contributed by atoms with Gasteiger partial charge in [-0.25, -0.2) is 0 Å². The zero-order chi connectivity index (χ0) is 10.0. The van der Waals surface area contributed by atoms with Gasteiger partial charge < -0.3 is 0 Å². The molecular weight excluding hydrogens is 184 g/mol. The highest BCUT2D eigenvalue weighted by Gasteiger charge is 2.12. The number of rotatable bonds is 3. The van der Waals surface area contributed by atoms with E-state index in [0.29, 0.717) is 0 Å². The summed E-state index contributed by atoms with van der Waals surface area (Å²) in [6.45, 7) is 5.47. The van der Waals surface area contributed by atoms with Gasteiger partial charge in [0.1, 0.15) is 5.78 Å². The zero-order valence-electron chi connectivity index (χ0n) is 8.37. The molecule has 0 saturated heterocycles. The van der Waals surface area contributed by atoms with E-state index in [-0.39, 0.29) is 11.0 Å². The van der Waals surface area contributed by atoms with E-state index in [1.165, 1.54) is 0 Å². The van der Waals surface area contributed by atoms with Gasteiger partial charge in [-0.2, -0.15) is 5.10 Å². The smallest absolute Gasteiger partial charge is 0.142 e. The van der Waals surface area contributed by atoms with Gasteiger partial charge in [0.15, 0.2) is 0 Å². The molecule has 1 aromatic rings. The first kappa shape index (κ1) is 10.3. The number of aromatic nitrogens is 2. The molecule has 0 spiro atoms. The highest BCUT2D eigenvalue weighted by Crippen LogP contribution is 2.23. The maximum absolute atomic E-state index is 11.0. The molecule has 1 aromatic heterocycles. The minimum atomic E-state index is 0.00907. The first-order valence-corrected chi connectivity index (χ1v) is 5.06. The summed E-state index contributed by atoms with van der Waals surface area (Å²) in [7, 11) is 1.89. The van der Waals surface area contributed by atoms with Crippen molar-refractivity contribution in [3.63, 3.8) is 0 Å². The number of aryl methyl sites for hydroxylation is 2. The van der Waals surface area contributed by atoms with Crippen molar-refractivity contribution in [3.8, 4) is 0 Å². The quantitative estimate of drug-likeness (QED) is 0.695. The first-order valence-electron chi connectivity index (χ1n) is 4.18. The Hall–Kier alpha value is -0.770. The maximum Gasteiger partial charge on any atom is 0.142 e. The van der Waals surface area contributed by atoms with Crippen molar-refractivity contribution >= 4 is 17.5 Å². The lowest BCUT2D eigenvalue weighted by atomic mass is 10.3. The lowest BCUT2D eigenvalue weighted by Crippen LogP contribution is -2.09. The minimum absolute atomic E-state index is 0.00907. The second kappa shape index (κ2) is 3.96. The molecule has 1 rings (SSSR count). The fraction of sp³-hybridized carbons (Fsp3) is 0.556. The maximum atomic E-state index is 11.0. The van der Waals surface area contributed by atoms with Crippen LogP contribution in [0.1, 0.15) is 19.5 Å². The third kappa shape index (κ3) is 2.59. The lowest BCUT2D eigenvalue weighted by Gasteiger charge is -2.06. The van der Waals surface area contributed by atoms with Gasteiger partial charge in [0.25, 0.3) is 0 Å². The van der Waals surface area contributed by atoms with Gasteiger partial charge in [0, 0.05) is 7.05 Å². The Bertz CT molecular complexity index is 319. The van der Waals surface area contributed by atoms with Crippen LogP contribution in [0.25, 0.3) is 0 Å². The van der Waals surface area contributed by atoms with Gasteiger partial charge in [0.05, 0.1) is 16.0 Å². The van der Waals surface area contributed by atoms with Crippen LogP contribution >= 0.6 is 11.8 Å². The summed E-state index contributed by atoms with van der Waals surface area (Å²) in [4.78, 5) is 11.0. The Morgan fingerprint density at radius 3 is 2.69 bits per heavy atom. The van der Waals surface area contributed by atoms with Crippen LogP contribution in [0.15, 0.2) is 11.1 Å². The predicted octanol–water partition coefficient (Wildman–Crippen LogP) is 1.80. The highest BCUT2D eigenvalue weighted by atomic mass is 32.2. The molecule has 1 heterocycles. The summed E-state index contributed by atoms with van der Waals surface area (Å²) in [5, 5.41) is 5.26. The molecule has 13 heavy (non-hydrogen) atoms. The molecule has 1 atom stereocenters. The number of Topliss-reactive ketones (excluding diaryl/α,β-unsaturated/α-hetero) is 1. The summed E-state index contributed by atoms with van der Waals surface area (Å²) in [5.74, 6) is 0.198. The van der Waals surface area contributed by atoms with Gasteiger partial charge in [0.2, 0.25) is 0 Å². The van der Waals surface area contributed by atoms with Crippen molar-refractivity contribution in [3.05, 3.63) is 11.8 Å². The molecule has 0 bridgehead atoms. The molecule has 0 N–H and O–H groups in total. The Labute approximate surface area is 82.5 Å². The SMILES string of the molecule is CC(=O)C(C)Sc1cc(C)nn1C. The summed E-state index contributed by atoms with van der Waals surface area (Å²) in [6, 6.07) is 1.99. The van der Waals surface area contributed by atoms with E-state index < -0.39 is 0 Å². The molecule has 0 radical (unpaired) electrons. The fourth-order valence-electron chi connectivity index (χ4n) is 0.961. The van der Waals surface area contributed by atoms with Crippen molar-refractivity contribution < 1.29 is 4.79 Å². The molecule has 0 fully saturated rings. The lowest BCUT2D eigenvalue weighted by molar-refractivity contribution is -0.116. The number of carbonyl (C=O) groups excluding carboxylic acids is 1. The van der Waals surface area contributed by atoms with Crippen LogP contribution in [-0.2, 0) is 11.8 Å². The average molecular weight is 198 g/mol. The molecular formula is C9H14N2OS. The summed E-state index contributed by atoms with van der Waals surface area (Å²) in [5.41, 5.74) is 0.987. The average Bonchev–Trinajstić information content (AvgIpc) is 2.30. The molecule has 0 aliphatic carbocycles. The fourth-order valence-corrected chi connectivity index (χ4v) is 1.92. The normalized spacial score (nSPS) is 12.9. The van der Waals surface area contributed by atoms with Crippen molar-refractivity contribution in [2.75, 3.05) is 0 Å². The molecule has 4 heteroatoms. The van der Waals surface area contributed by atoms with E-state index in [1.54, 1.807) is 23.4 Å². The van der Waals surface area contributed by atoms with Crippen LogP contribution in [0.2, 0.25) is 0 Å². The van der Waals surface area contributed by atoms with E-state index in [2.05, 4.69) is 5.10 Å². The third-order valence-electron chi connectivity index (χ3n) is 1.83. The Kier molecular flexibility index (Phi) is 3.14. The van der Waals surface area contributed by atoms with Crippen LogP contribution in [0.3, 0.4) is 0 Å². The van der Waals surface area contributed by atoms with Crippen LogP contribution in [0.4, 0.5) is 0 Å². The Morgan fingerprint density at radius 2 is 2.31 bits per heavy atom. The zero-order valence-corrected chi connectivity index (χ0v) is 9.18. The molecule has 0 amide bonds. The van der Waals surface area contributed by atoms with E-state index in [1.807, 2.05) is 27.0 Å². The molecule has 0 aliphatic rings. The van der Waals surface area contributed by atoms with E-state index in [4.69, 9.17) is 0 Å². The number of hydrogen-bond donors (Lipinski definition) is 0. The van der Waals surface area contributed by atoms with E-state index in [9.17, 15) is 4.79 Å². The largest absolute Gasteiger partial charge is 0.299 e. The van der Waals surface area contributed by atoms with Gasteiger partial charge >= 0.3 is 0 Å². The Morgan fingerprint density at radius 1 is 1.69 bits per heavy atom. The van der Waals surface area contributed by atoms with Gasteiger partial charge in [-0.1, -0.05) is 11.8 Å². The van der Waals surface area contributed by atoms with E-state index >= 15 is 0 Å². The minimum Gasteiger partial charge on any atom is -0.299 e. The monoisotopic (exact) mass is 198 g/mol. The predicted molar refractivity (Wildman–Crippen MR) is 53.9 cm³/mol. The summed E-state index contributed by atoms with van der Waals surface area (Å²) >= 11 is 1.55. The number of nitrogens with zero attached hydrogens (tertiary/aromatic N) is 2. The number of thioether (sulfide) groups is 1. The standard InChI is InChI=1S/C9H14N2OS/c1-6-5-9(11(4)10-6)13-8(3)7(2)12/h5,8H,1-4H3. The third-order valence-corrected chi connectivity index (χ3v) is 3.14. The molecule has 72 valence electrons. The molecule has 3 nitrogen and oxygen atoms in total. The van der Waals surface area contributed by atoms with Gasteiger partial charge in [-0.3, -0.25) is 9.48 Å². The van der Waals surface area contributed by atoms with Gasteiger partial charge in [-0.05, 0) is 26.8 Å². The second-order valence-electron chi connectivity index (χ2n) is 3.12. The number of carbonyl (C=O) groups is 1. The molecule has 0 aliphatic heterocycles. The van der Waals surface area contributed by atoms with Crippen LogP contribution < -0.4 is 0 Å². The topological polar surface area (TPSA) is 34.9 Å². The van der Waals surface area contributed by atoms with E-state index in [0.717, 1.165) is 10.7 Å². The van der Waals surface area contributed by atoms with Crippen LogP contribution in [0, 0.1) is 6.92 Å². The highest BCUT2D eigenvalue weighted by molar-refractivity contribution is 8.00. The van der Waals surface area contributed by atoms with Crippen molar-refractivity contribution in [1.29, 1.82) is 0 Å². The Balaban J connectivity index is 2.74. The molecule has 0 aromatic carbocycles. The van der Waals surface area contributed by atoms with Crippen molar-refractivity contribution in [2.45, 2.75) is 31.0 Å². The molecule has 1 unspecified atom stereocenters.